The number of aryl methyl sites for hydroxylation is 13. The van der Waals surface area contributed by atoms with Gasteiger partial charge in [0.1, 0.15) is 35.6 Å². The van der Waals surface area contributed by atoms with Crippen LogP contribution in [0.2, 0.25) is 24.7 Å². The largest absolute Gasteiger partial charge is 0.508 e. The summed E-state index contributed by atoms with van der Waals surface area (Å²) in [5.74, 6) is 2.62. The summed E-state index contributed by atoms with van der Waals surface area (Å²) in [6, 6.07) is 123. The summed E-state index contributed by atoms with van der Waals surface area (Å²) >= 11 is 11.8. The van der Waals surface area contributed by atoms with Gasteiger partial charge >= 0.3 is 0 Å². The minimum Gasteiger partial charge on any atom is -0.508 e. The third-order valence-corrected chi connectivity index (χ3v) is 28.9. The fraction of sp³-hybridized carbons (Fsp3) is 0.181. The van der Waals surface area contributed by atoms with Gasteiger partial charge in [0, 0.05) is 73.1 Å². The van der Waals surface area contributed by atoms with E-state index < -0.39 is 36.1 Å². The molecule has 18 rings (SSSR count). The zero-order chi connectivity index (χ0) is 106. The Hall–Kier alpha value is -13.1. The lowest BCUT2D eigenvalue weighted by Gasteiger charge is -2.18. The highest BCUT2D eigenvalue weighted by Crippen LogP contribution is 2.40. The second kappa shape index (κ2) is 62.7. The van der Waals surface area contributed by atoms with E-state index in [0.717, 1.165) is 72.4 Å². The van der Waals surface area contributed by atoms with Crippen LogP contribution in [0.4, 0.5) is 0 Å². The number of aldehydes is 4. The molecule has 760 valence electrons. The van der Waals surface area contributed by atoms with Gasteiger partial charge in [-0.2, -0.15) is 0 Å². The number of benzene rings is 17. The van der Waals surface area contributed by atoms with Crippen molar-refractivity contribution in [3.05, 3.63) is 496 Å². The van der Waals surface area contributed by atoms with Crippen LogP contribution in [0.3, 0.4) is 0 Å². The number of halogens is 3. The molecule has 1 unspecified atom stereocenters. The number of hydrogen-bond donors (Lipinski definition) is 1. The van der Waals surface area contributed by atoms with Gasteiger partial charge in [0.25, 0.3) is 0 Å². The standard InChI is InChI=1S/C21H16.C18H16O.C13H10O3S.C11H17ClSi.C9H13O2P.C8H10OS.C8H10O.2C8H8O.C7H7Br.C7H7I.C7H8O2.2CH4/c1-15-10-11-17-7-4-5-9-20(17)21(15)19-13-12-16-6-2-3-8-18(16)14-19;1-13-10-11-14-6-3-4-9-17(14)18(13)15-7-5-8-16(12-15)19-2;14-10-11-6-4-5-9-13(11)17(15,16)12-7-2-1-3-8-12;1-9-6-5-7-11(12)10(9)8-13(2,3)4;1-8-4-6-9(7-5-8)11-12(2,3)10;1-7-3-5-8(6-4-7)10(2)9;1-6-3-7(2)5-8(9)4-6;1-7-2-4-8(6-9)5-3-7;1-7-4-2-3-5-8(7)6-9;1-6-2-4-7(8)5-3-6;1-6-4-2-3-5-7(6)8;1-5-4-9-6(2)7(5)3-8;;/h2-14H,1H3;3-12H,1-2H3;1-10H;5-7H,8H2,1-4H3;4-7H,1-3H3;3-6H,1-2H3;3-5,9H,1-2H3;2*2-6H,1H3;2*2-5H,1H3;3-4H,1-2H3;2*1H4. The number of phenolic OH excluding ortho intramolecular Hbond substituents is 1. The van der Waals surface area contributed by atoms with Crippen LogP contribution in [0.5, 0.6) is 17.2 Å². The summed E-state index contributed by atoms with van der Waals surface area (Å²) in [7, 11) is -6.19. The van der Waals surface area contributed by atoms with E-state index in [2.05, 4.69) is 263 Å². The lowest BCUT2D eigenvalue weighted by atomic mass is 9.93. The molecule has 0 aliphatic heterocycles. The van der Waals surface area contributed by atoms with Crippen LogP contribution in [0.15, 0.2) is 406 Å². The zero-order valence-corrected chi connectivity index (χ0v) is 93.8. The van der Waals surface area contributed by atoms with Crippen molar-refractivity contribution in [2.75, 3.05) is 26.7 Å². The molecule has 1 heterocycles. The Kier molecular flexibility index (Phi) is 53.0. The van der Waals surface area contributed by atoms with Gasteiger partial charge in [-0.05, 0) is 320 Å². The predicted octanol–water partition coefficient (Wildman–Crippen LogP) is 35.8. The number of fused-ring (bicyclic) bond motifs is 3. The lowest BCUT2D eigenvalue weighted by molar-refractivity contribution is 0.111. The maximum Gasteiger partial charge on any atom is 0.242 e. The number of ether oxygens (including phenoxy) is 1. The summed E-state index contributed by atoms with van der Waals surface area (Å²) in [5.41, 5.74) is 23.1. The van der Waals surface area contributed by atoms with E-state index in [9.17, 15) is 36.4 Å². The molecule has 0 saturated carbocycles. The van der Waals surface area contributed by atoms with Crippen LogP contribution in [0, 0.1) is 93.6 Å². The zero-order valence-electron chi connectivity index (χ0n) is 85.7. The predicted molar refractivity (Wildman–Crippen MR) is 635 cm³/mol. The molecular formula is C127H138BrClIO12PS2Si. The molecule has 0 saturated heterocycles. The first-order valence-electron chi connectivity index (χ1n) is 46.7. The molecule has 1 aromatic heterocycles. The maximum absolute atomic E-state index is 12.3. The molecule has 146 heavy (non-hydrogen) atoms. The molecule has 1 atom stereocenters. The van der Waals surface area contributed by atoms with Crippen molar-refractivity contribution in [2.24, 2.45) is 0 Å². The summed E-state index contributed by atoms with van der Waals surface area (Å²) in [5, 5.41) is 17.7. The van der Waals surface area contributed by atoms with E-state index in [1.54, 1.807) is 82.3 Å². The van der Waals surface area contributed by atoms with Gasteiger partial charge < -0.3 is 18.8 Å². The van der Waals surface area contributed by atoms with Crippen LogP contribution >= 0.6 is 57.5 Å². The van der Waals surface area contributed by atoms with Crippen molar-refractivity contribution in [2.45, 2.75) is 145 Å². The highest BCUT2D eigenvalue weighted by atomic mass is 127. The molecule has 0 aliphatic carbocycles. The van der Waals surface area contributed by atoms with E-state index in [4.69, 9.17) is 30.4 Å². The third-order valence-electron chi connectivity index (χ3n) is 22.0. The average Bonchev–Trinajstić information content (AvgIpc) is 1.000. The molecule has 12 nitrogen and oxygen atoms in total. The SMILES string of the molecule is C.C.COc1cccc(-c2c(C)ccc3ccccc23)c1.Cc1cc(C)cc(O)c1.Cc1ccc(Br)cc1.Cc1ccc(C=O)cc1.Cc1ccc(OP(C)(C)=O)cc1.Cc1ccc(S(C)=O)cc1.Cc1ccc2ccccc2c1-c1ccc2ccccc2c1.Cc1cccc(Cl)c1C[Si](C)(C)C.Cc1ccccc1C=O.Cc1ccccc1I.Cc1coc(C)c1C=O.O=Cc1ccccc1S(=O)(=O)c1ccccc1. The van der Waals surface area contributed by atoms with E-state index in [1.807, 2.05) is 188 Å². The van der Waals surface area contributed by atoms with Gasteiger partial charge in [0.05, 0.1) is 28.7 Å². The number of sulfone groups is 1. The number of methoxy groups -OCH3 is 1. The number of furan rings is 1. The first-order chi connectivity index (χ1) is 68.5. The molecule has 0 radical (unpaired) electrons. The minimum absolute atomic E-state index is 0. The number of carbonyl (C=O) groups is 4. The first-order valence-corrected chi connectivity index (χ1v) is 58.2. The number of rotatable bonds is 14. The van der Waals surface area contributed by atoms with Crippen molar-refractivity contribution in [3.63, 3.8) is 0 Å². The Bertz CT molecular complexity index is 7240. The number of hydrogen-bond acceptors (Lipinski definition) is 12. The highest BCUT2D eigenvalue weighted by Gasteiger charge is 2.21. The van der Waals surface area contributed by atoms with E-state index in [0.29, 0.717) is 29.1 Å². The number of carbonyl (C=O) groups excluding carboxylic acids is 4. The molecule has 18 aromatic rings. The fourth-order valence-corrected chi connectivity index (χ4v) is 19.5. The van der Waals surface area contributed by atoms with Crippen LogP contribution in [0.1, 0.15) is 134 Å². The highest BCUT2D eigenvalue weighted by molar-refractivity contribution is 14.1. The third kappa shape index (κ3) is 42.2. The normalized spacial score (nSPS) is 10.4. The molecule has 1 N–H and O–H groups in total. The van der Waals surface area contributed by atoms with Crippen molar-refractivity contribution < 1.29 is 55.2 Å². The smallest absolute Gasteiger partial charge is 0.242 e. The summed E-state index contributed by atoms with van der Waals surface area (Å²) in [6.07, 6.45) is 6.35. The molecule has 0 bridgehead atoms. The topological polar surface area (TPSA) is 188 Å². The van der Waals surface area contributed by atoms with Crippen LogP contribution in [-0.2, 0) is 31.2 Å². The number of phenols is 1. The molecule has 0 amide bonds. The maximum atomic E-state index is 12.3. The van der Waals surface area contributed by atoms with E-state index in [-0.39, 0.29) is 30.2 Å². The minimum atomic E-state index is -3.61. The first kappa shape index (κ1) is 123. The molecule has 0 spiro atoms. The van der Waals surface area contributed by atoms with Gasteiger partial charge in [-0.15, -0.1) is 0 Å². The average molecular weight is 2220 g/mol. The second-order valence-corrected chi connectivity index (χ2v) is 49.8. The summed E-state index contributed by atoms with van der Waals surface area (Å²) in [6.45, 7) is 36.5. The molecular weight excluding hydrogens is 2080 g/mol. The van der Waals surface area contributed by atoms with Crippen LogP contribution < -0.4 is 9.26 Å². The second-order valence-electron chi connectivity index (χ2n) is 35.8. The quantitative estimate of drug-likeness (QED) is 0.0470. The number of aromatic hydroxyl groups is 1. The Balaban J connectivity index is 0.000000284. The molecule has 0 fully saturated rings. The van der Waals surface area contributed by atoms with Crippen molar-refractivity contribution in [1.82, 2.24) is 0 Å². The van der Waals surface area contributed by atoms with Crippen LogP contribution in [-0.4, -0.2) is 77.6 Å². The van der Waals surface area contributed by atoms with E-state index in [1.165, 1.54) is 139 Å². The summed E-state index contributed by atoms with van der Waals surface area (Å²) in [4.78, 5) is 42.6. The Labute approximate surface area is 898 Å². The Morgan fingerprint density at radius 2 is 0.870 bits per heavy atom. The molecule has 19 heteroatoms. The van der Waals surface area contributed by atoms with E-state index >= 15 is 0 Å². The van der Waals surface area contributed by atoms with Gasteiger partial charge in [-0.3, -0.25) is 28.0 Å². The van der Waals surface area contributed by atoms with Gasteiger partial charge in [-0.25, -0.2) is 8.42 Å². The van der Waals surface area contributed by atoms with Gasteiger partial charge in [-0.1, -0.05) is 363 Å². The monoisotopic (exact) mass is 2220 g/mol. The Morgan fingerprint density at radius 1 is 0.425 bits per heavy atom. The molecule has 17 aromatic carbocycles. The lowest BCUT2D eigenvalue weighted by Crippen LogP contribution is -2.24. The van der Waals surface area contributed by atoms with Gasteiger partial charge in [0.15, 0.2) is 12.6 Å². The Morgan fingerprint density at radius 3 is 1.31 bits per heavy atom. The van der Waals surface area contributed by atoms with Crippen molar-refractivity contribution in [1.29, 1.82) is 0 Å². The van der Waals surface area contributed by atoms with Crippen molar-refractivity contribution >= 4 is 144 Å². The summed E-state index contributed by atoms with van der Waals surface area (Å²) < 4.78 is 64.6. The van der Waals surface area contributed by atoms with Gasteiger partial charge in [0.2, 0.25) is 17.2 Å². The van der Waals surface area contributed by atoms with Crippen molar-refractivity contribution in [3.8, 4) is 39.5 Å². The van der Waals surface area contributed by atoms with Crippen LogP contribution in [0.25, 0.3) is 54.6 Å². The molecule has 0 aliphatic rings. The fourth-order valence-electron chi connectivity index (χ4n) is 14.4.